The van der Waals surface area contributed by atoms with Gasteiger partial charge < -0.3 is 15.8 Å². The number of nitrogen functional groups attached to an aromatic ring is 1. The van der Waals surface area contributed by atoms with Gasteiger partial charge in [0.05, 0.1) is 5.60 Å². The fourth-order valence-electron chi connectivity index (χ4n) is 1.59. The zero-order valence-corrected chi connectivity index (χ0v) is 11.7. The first-order chi connectivity index (χ1) is 8.19. The van der Waals surface area contributed by atoms with E-state index in [-0.39, 0.29) is 11.5 Å². The van der Waals surface area contributed by atoms with E-state index < -0.39 is 6.10 Å². The average molecular weight is 250 g/mol. The number of aryl methyl sites for hydroxylation is 1. The number of carbonyl (C=O) groups excluding carboxylic acids is 1. The molecule has 100 valence electrons. The van der Waals surface area contributed by atoms with E-state index in [1.165, 1.54) is 0 Å². The number of carbonyl (C=O) groups is 1. The van der Waals surface area contributed by atoms with Crippen molar-refractivity contribution in [3.05, 3.63) is 23.8 Å². The molecule has 0 saturated carbocycles. The zero-order valence-electron chi connectivity index (χ0n) is 11.7. The maximum Gasteiger partial charge on any atom is 0.253 e. The molecule has 0 aromatic heterocycles. The summed E-state index contributed by atoms with van der Waals surface area (Å²) in [6.45, 7) is 9.42. The number of nitrogens with one attached hydrogen (secondary N) is 1. The SMILES string of the molecule is Cc1ccc(N)cc1NC(=O)C(C)OC(C)(C)C. The van der Waals surface area contributed by atoms with Crippen LogP contribution in [0.25, 0.3) is 0 Å². The van der Waals surface area contributed by atoms with Crippen LogP contribution >= 0.6 is 0 Å². The van der Waals surface area contributed by atoms with Crippen LogP contribution in [0.3, 0.4) is 0 Å². The molecule has 1 unspecified atom stereocenters. The van der Waals surface area contributed by atoms with Crippen molar-refractivity contribution in [3.8, 4) is 0 Å². The summed E-state index contributed by atoms with van der Waals surface area (Å²) >= 11 is 0. The summed E-state index contributed by atoms with van der Waals surface area (Å²) in [7, 11) is 0. The molecular formula is C14H22N2O2. The van der Waals surface area contributed by atoms with Gasteiger partial charge in [-0.25, -0.2) is 0 Å². The lowest BCUT2D eigenvalue weighted by atomic mass is 10.1. The fraction of sp³-hybridized carbons (Fsp3) is 0.500. The molecule has 1 amide bonds. The van der Waals surface area contributed by atoms with Crippen molar-refractivity contribution in [1.29, 1.82) is 0 Å². The number of nitrogens with two attached hydrogens (primary N) is 1. The van der Waals surface area contributed by atoms with E-state index in [4.69, 9.17) is 10.5 Å². The number of ether oxygens (including phenoxy) is 1. The lowest BCUT2D eigenvalue weighted by Crippen LogP contribution is -2.34. The van der Waals surface area contributed by atoms with Crippen LogP contribution in [0, 0.1) is 6.92 Å². The fourth-order valence-corrected chi connectivity index (χ4v) is 1.59. The van der Waals surface area contributed by atoms with Crippen LogP contribution < -0.4 is 11.1 Å². The van der Waals surface area contributed by atoms with Crippen molar-refractivity contribution in [2.75, 3.05) is 11.1 Å². The lowest BCUT2D eigenvalue weighted by molar-refractivity contribution is -0.135. The van der Waals surface area contributed by atoms with Gasteiger partial charge in [-0.1, -0.05) is 6.07 Å². The summed E-state index contributed by atoms with van der Waals surface area (Å²) < 4.78 is 5.60. The highest BCUT2D eigenvalue weighted by Crippen LogP contribution is 2.19. The Morgan fingerprint density at radius 3 is 2.56 bits per heavy atom. The van der Waals surface area contributed by atoms with Crippen molar-refractivity contribution < 1.29 is 9.53 Å². The third kappa shape index (κ3) is 4.37. The third-order valence-electron chi connectivity index (χ3n) is 2.42. The van der Waals surface area contributed by atoms with Crippen LogP contribution in [0.15, 0.2) is 18.2 Å². The highest BCUT2D eigenvalue weighted by molar-refractivity contribution is 5.95. The molecule has 1 atom stereocenters. The van der Waals surface area contributed by atoms with Gasteiger partial charge >= 0.3 is 0 Å². The first-order valence-electron chi connectivity index (χ1n) is 6.04. The number of amides is 1. The molecule has 18 heavy (non-hydrogen) atoms. The van der Waals surface area contributed by atoms with Crippen LogP contribution in [-0.4, -0.2) is 17.6 Å². The van der Waals surface area contributed by atoms with Crippen LogP contribution in [0.5, 0.6) is 0 Å². The predicted octanol–water partition coefficient (Wildman–Crippen LogP) is 2.72. The molecule has 0 bridgehead atoms. The van der Waals surface area contributed by atoms with Gasteiger partial charge in [-0.05, 0) is 52.3 Å². The van der Waals surface area contributed by atoms with Gasteiger partial charge in [0, 0.05) is 11.4 Å². The molecule has 0 radical (unpaired) electrons. The average Bonchev–Trinajstić information content (AvgIpc) is 2.21. The molecule has 0 saturated heterocycles. The van der Waals surface area contributed by atoms with E-state index in [9.17, 15) is 4.79 Å². The van der Waals surface area contributed by atoms with Gasteiger partial charge in [0.15, 0.2) is 0 Å². The zero-order chi connectivity index (χ0) is 13.9. The minimum absolute atomic E-state index is 0.168. The van der Waals surface area contributed by atoms with Crippen LogP contribution in [-0.2, 0) is 9.53 Å². The van der Waals surface area contributed by atoms with E-state index in [0.29, 0.717) is 5.69 Å². The topological polar surface area (TPSA) is 64.3 Å². The molecule has 0 aliphatic rings. The van der Waals surface area contributed by atoms with Gasteiger partial charge in [-0.3, -0.25) is 4.79 Å². The summed E-state index contributed by atoms with van der Waals surface area (Å²) in [6, 6.07) is 5.43. The minimum Gasteiger partial charge on any atom is -0.399 e. The van der Waals surface area contributed by atoms with Gasteiger partial charge in [0.2, 0.25) is 0 Å². The summed E-state index contributed by atoms with van der Waals surface area (Å²) in [5, 5.41) is 2.83. The Morgan fingerprint density at radius 1 is 1.39 bits per heavy atom. The Hall–Kier alpha value is -1.55. The summed E-state index contributed by atoms with van der Waals surface area (Å²) in [6.07, 6.45) is -0.508. The molecule has 1 aromatic rings. The predicted molar refractivity (Wildman–Crippen MR) is 74.5 cm³/mol. The molecule has 0 fully saturated rings. The van der Waals surface area contributed by atoms with Crippen molar-refractivity contribution >= 4 is 17.3 Å². The van der Waals surface area contributed by atoms with E-state index in [1.807, 2.05) is 33.8 Å². The standard InChI is InChI=1S/C14H22N2O2/c1-9-6-7-11(15)8-12(9)16-13(17)10(2)18-14(3,4)5/h6-8,10H,15H2,1-5H3,(H,16,17). The first kappa shape index (κ1) is 14.5. The summed E-state index contributed by atoms with van der Waals surface area (Å²) in [4.78, 5) is 12.0. The largest absolute Gasteiger partial charge is 0.399 e. The van der Waals surface area contributed by atoms with Gasteiger partial charge in [0.1, 0.15) is 6.10 Å². The molecule has 1 aromatic carbocycles. The lowest BCUT2D eigenvalue weighted by Gasteiger charge is -2.24. The molecule has 0 heterocycles. The van der Waals surface area contributed by atoms with Crippen LogP contribution in [0.1, 0.15) is 33.3 Å². The number of hydrogen-bond donors (Lipinski definition) is 2. The summed E-state index contributed by atoms with van der Waals surface area (Å²) in [5.41, 5.74) is 7.68. The molecule has 4 heteroatoms. The Bertz CT molecular complexity index is 436. The Kier molecular flexibility index (Phi) is 4.35. The van der Waals surface area contributed by atoms with E-state index >= 15 is 0 Å². The number of anilines is 2. The number of rotatable bonds is 3. The Balaban J connectivity index is 2.72. The van der Waals surface area contributed by atoms with Crippen LogP contribution in [0.2, 0.25) is 0 Å². The quantitative estimate of drug-likeness (QED) is 0.811. The molecule has 0 aliphatic carbocycles. The van der Waals surface area contributed by atoms with Gasteiger partial charge in [-0.2, -0.15) is 0 Å². The van der Waals surface area contributed by atoms with Gasteiger partial charge in [-0.15, -0.1) is 0 Å². The molecule has 0 spiro atoms. The van der Waals surface area contributed by atoms with E-state index in [0.717, 1.165) is 11.3 Å². The maximum atomic E-state index is 12.0. The smallest absolute Gasteiger partial charge is 0.253 e. The van der Waals surface area contributed by atoms with Crippen molar-refractivity contribution in [3.63, 3.8) is 0 Å². The molecule has 4 nitrogen and oxygen atoms in total. The van der Waals surface area contributed by atoms with Crippen molar-refractivity contribution in [1.82, 2.24) is 0 Å². The maximum absolute atomic E-state index is 12.0. The van der Waals surface area contributed by atoms with Gasteiger partial charge in [0.25, 0.3) is 5.91 Å². The Labute approximate surface area is 109 Å². The molecule has 1 rings (SSSR count). The number of benzene rings is 1. The van der Waals surface area contributed by atoms with E-state index in [2.05, 4.69) is 5.32 Å². The third-order valence-corrected chi connectivity index (χ3v) is 2.42. The van der Waals surface area contributed by atoms with Crippen molar-refractivity contribution in [2.45, 2.75) is 46.3 Å². The minimum atomic E-state index is -0.508. The molecule has 3 N–H and O–H groups in total. The van der Waals surface area contributed by atoms with Crippen molar-refractivity contribution in [2.24, 2.45) is 0 Å². The van der Waals surface area contributed by atoms with E-state index in [1.54, 1.807) is 19.1 Å². The highest BCUT2D eigenvalue weighted by atomic mass is 16.5. The second-order valence-electron chi connectivity index (χ2n) is 5.44. The highest BCUT2D eigenvalue weighted by Gasteiger charge is 2.21. The normalized spacial score (nSPS) is 13.2. The molecule has 0 aliphatic heterocycles. The van der Waals surface area contributed by atoms with Crippen LogP contribution in [0.4, 0.5) is 11.4 Å². The first-order valence-corrected chi connectivity index (χ1v) is 6.04. The summed E-state index contributed by atoms with van der Waals surface area (Å²) in [5.74, 6) is -0.168. The monoisotopic (exact) mass is 250 g/mol. The number of hydrogen-bond acceptors (Lipinski definition) is 3. The Morgan fingerprint density at radius 2 is 2.00 bits per heavy atom. The second-order valence-corrected chi connectivity index (χ2v) is 5.44. The molecular weight excluding hydrogens is 228 g/mol. The second kappa shape index (κ2) is 5.40.